The van der Waals surface area contributed by atoms with Crippen molar-refractivity contribution in [2.24, 2.45) is 0 Å². The number of carbonyl (C=O) groups excluding carboxylic acids is 2. The van der Waals surface area contributed by atoms with Crippen molar-refractivity contribution in [3.8, 4) is 11.3 Å². The molecule has 0 aliphatic carbocycles. The molecule has 1 amide bonds. The molecule has 3 rings (SSSR count). The van der Waals surface area contributed by atoms with Gasteiger partial charge in [-0.25, -0.2) is 4.98 Å². The molecule has 0 aliphatic heterocycles. The summed E-state index contributed by atoms with van der Waals surface area (Å²) in [7, 11) is 1.31. The molecule has 1 heterocycles. The third kappa shape index (κ3) is 5.78. The Morgan fingerprint density at radius 3 is 2.48 bits per heavy atom. The standard InChI is InChI=1S/C23H24N2O4/c1-17-8-10-19(11-9-17)20-14-24-21(29-20)12-13-22(26)25(16-23(27)28-2)15-18-6-4-3-5-7-18/h3-11,14H,12-13,15-16H2,1-2H3. The number of aryl methyl sites for hydroxylation is 2. The number of hydrogen-bond acceptors (Lipinski definition) is 5. The summed E-state index contributed by atoms with van der Waals surface area (Å²) in [5.41, 5.74) is 3.06. The van der Waals surface area contributed by atoms with E-state index in [1.165, 1.54) is 17.6 Å². The normalized spacial score (nSPS) is 10.6. The molecule has 0 saturated carbocycles. The fourth-order valence-corrected chi connectivity index (χ4v) is 2.91. The van der Waals surface area contributed by atoms with Crippen molar-refractivity contribution >= 4 is 11.9 Å². The molecule has 6 nitrogen and oxygen atoms in total. The monoisotopic (exact) mass is 392 g/mol. The molecular weight excluding hydrogens is 368 g/mol. The lowest BCUT2D eigenvalue weighted by Gasteiger charge is -2.21. The van der Waals surface area contributed by atoms with Crippen LogP contribution in [0.15, 0.2) is 65.2 Å². The van der Waals surface area contributed by atoms with E-state index in [9.17, 15) is 9.59 Å². The van der Waals surface area contributed by atoms with Crippen molar-refractivity contribution in [2.75, 3.05) is 13.7 Å². The zero-order valence-electron chi connectivity index (χ0n) is 16.6. The Labute approximate surface area is 170 Å². The van der Waals surface area contributed by atoms with Crippen LogP contribution in [0.4, 0.5) is 0 Å². The summed E-state index contributed by atoms with van der Waals surface area (Å²) in [5, 5.41) is 0. The third-order valence-electron chi connectivity index (χ3n) is 4.56. The molecular formula is C23H24N2O4. The first kappa shape index (κ1) is 20.3. The molecule has 29 heavy (non-hydrogen) atoms. The van der Waals surface area contributed by atoms with Crippen LogP contribution in [-0.2, 0) is 27.3 Å². The number of esters is 1. The summed E-state index contributed by atoms with van der Waals surface area (Å²) >= 11 is 0. The summed E-state index contributed by atoms with van der Waals surface area (Å²) in [6.45, 7) is 2.27. The van der Waals surface area contributed by atoms with Gasteiger partial charge in [0.05, 0.1) is 13.3 Å². The van der Waals surface area contributed by atoms with Gasteiger partial charge in [-0.1, -0.05) is 60.2 Å². The van der Waals surface area contributed by atoms with Crippen LogP contribution in [0.3, 0.4) is 0 Å². The van der Waals surface area contributed by atoms with Crippen LogP contribution in [0, 0.1) is 6.92 Å². The lowest BCUT2D eigenvalue weighted by atomic mass is 10.1. The lowest BCUT2D eigenvalue weighted by molar-refractivity contribution is -0.147. The van der Waals surface area contributed by atoms with Crippen molar-refractivity contribution in [1.29, 1.82) is 0 Å². The molecule has 3 aromatic rings. The summed E-state index contributed by atoms with van der Waals surface area (Å²) < 4.78 is 10.5. The number of carbonyl (C=O) groups is 2. The highest BCUT2D eigenvalue weighted by atomic mass is 16.5. The molecule has 0 aliphatic rings. The molecule has 0 unspecified atom stereocenters. The minimum Gasteiger partial charge on any atom is -0.468 e. The summed E-state index contributed by atoms with van der Waals surface area (Å²) in [4.78, 5) is 30.2. The van der Waals surface area contributed by atoms with E-state index in [0.29, 0.717) is 24.6 Å². The van der Waals surface area contributed by atoms with Gasteiger partial charge in [-0.05, 0) is 12.5 Å². The molecule has 0 spiro atoms. The second kappa shape index (κ2) is 9.68. The fourth-order valence-electron chi connectivity index (χ4n) is 2.91. The highest BCUT2D eigenvalue weighted by molar-refractivity contribution is 5.82. The predicted molar refractivity (Wildman–Crippen MR) is 109 cm³/mol. The second-order valence-corrected chi connectivity index (χ2v) is 6.80. The number of methoxy groups -OCH3 is 1. The van der Waals surface area contributed by atoms with Crippen LogP contribution in [0.1, 0.15) is 23.4 Å². The zero-order chi connectivity index (χ0) is 20.6. The quantitative estimate of drug-likeness (QED) is 0.546. The van der Waals surface area contributed by atoms with Gasteiger partial charge in [0.25, 0.3) is 0 Å². The molecule has 0 radical (unpaired) electrons. The van der Waals surface area contributed by atoms with Gasteiger partial charge in [0.2, 0.25) is 5.91 Å². The number of aromatic nitrogens is 1. The molecule has 0 N–H and O–H groups in total. The first-order valence-electron chi connectivity index (χ1n) is 9.45. The highest BCUT2D eigenvalue weighted by Crippen LogP contribution is 2.21. The number of rotatable bonds is 8. The van der Waals surface area contributed by atoms with E-state index in [4.69, 9.17) is 9.15 Å². The highest BCUT2D eigenvalue weighted by Gasteiger charge is 2.19. The molecule has 150 valence electrons. The van der Waals surface area contributed by atoms with Gasteiger partial charge in [-0.15, -0.1) is 0 Å². The Balaban J connectivity index is 1.63. The van der Waals surface area contributed by atoms with Crippen molar-refractivity contribution in [3.63, 3.8) is 0 Å². The van der Waals surface area contributed by atoms with E-state index in [1.807, 2.05) is 61.5 Å². The fraction of sp³-hybridized carbons (Fsp3) is 0.261. The minimum absolute atomic E-state index is 0.0928. The second-order valence-electron chi connectivity index (χ2n) is 6.80. The van der Waals surface area contributed by atoms with Crippen molar-refractivity contribution in [3.05, 3.63) is 77.8 Å². The van der Waals surface area contributed by atoms with Crippen LogP contribution in [-0.4, -0.2) is 35.4 Å². The first-order valence-corrected chi connectivity index (χ1v) is 9.45. The van der Waals surface area contributed by atoms with E-state index < -0.39 is 5.97 Å². The molecule has 6 heteroatoms. The maximum Gasteiger partial charge on any atom is 0.325 e. The Morgan fingerprint density at radius 1 is 1.07 bits per heavy atom. The molecule has 0 saturated heterocycles. The first-order chi connectivity index (χ1) is 14.0. The van der Waals surface area contributed by atoms with Crippen LogP contribution < -0.4 is 0 Å². The maximum atomic E-state index is 12.7. The van der Waals surface area contributed by atoms with E-state index in [-0.39, 0.29) is 18.9 Å². The van der Waals surface area contributed by atoms with Crippen LogP contribution in [0.5, 0.6) is 0 Å². The third-order valence-corrected chi connectivity index (χ3v) is 4.56. The van der Waals surface area contributed by atoms with Gasteiger partial charge >= 0.3 is 5.97 Å². The molecule has 0 atom stereocenters. The van der Waals surface area contributed by atoms with Crippen LogP contribution in [0.25, 0.3) is 11.3 Å². The summed E-state index contributed by atoms with van der Waals surface area (Å²) in [5.74, 6) is 0.552. The number of ether oxygens (including phenoxy) is 1. The Bertz CT molecular complexity index is 949. The maximum absolute atomic E-state index is 12.7. The minimum atomic E-state index is -0.452. The topological polar surface area (TPSA) is 72.6 Å². The molecule has 0 fully saturated rings. The predicted octanol–water partition coefficient (Wildman–Crippen LogP) is 3.78. The SMILES string of the molecule is COC(=O)CN(Cc1ccccc1)C(=O)CCc1ncc(-c2ccc(C)cc2)o1. The molecule has 1 aromatic heterocycles. The van der Waals surface area contributed by atoms with Gasteiger partial charge in [0.1, 0.15) is 6.54 Å². The van der Waals surface area contributed by atoms with Crippen molar-refractivity contribution in [2.45, 2.75) is 26.3 Å². The average molecular weight is 392 g/mol. The van der Waals surface area contributed by atoms with E-state index in [1.54, 1.807) is 6.20 Å². The van der Waals surface area contributed by atoms with Gasteiger partial charge in [0.15, 0.2) is 11.7 Å². The Hall–Kier alpha value is -3.41. The molecule has 0 bridgehead atoms. The largest absolute Gasteiger partial charge is 0.468 e. The van der Waals surface area contributed by atoms with Gasteiger partial charge in [0, 0.05) is 24.9 Å². The van der Waals surface area contributed by atoms with E-state index in [2.05, 4.69) is 4.98 Å². The van der Waals surface area contributed by atoms with Crippen LogP contribution in [0.2, 0.25) is 0 Å². The summed E-state index contributed by atoms with van der Waals surface area (Å²) in [6, 6.07) is 17.5. The smallest absolute Gasteiger partial charge is 0.325 e. The average Bonchev–Trinajstić information content (AvgIpc) is 3.21. The number of benzene rings is 2. The number of oxazole rings is 1. The Morgan fingerprint density at radius 2 is 1.79 bits per heavy atom. The van der Waals surface area contributed by atoms with Gasteiger partial charge < -0.3 is 14.1 Å². The number of nitrogens with zero attached hydrogens (tertiary/aromatic N) is 2. The molecule has 2 aromatic carbocycles. The van der Waals surface area contributed by atoms with Gasteiger partial charge in [-0.2, -0.15) is 0 Å². The summed E-state index contributed by atoms with van der Waals surface area (Å²) in [6.07, 6.45) is 2.22. The lowest BCUT2D eigenvalue weighted by Crippen LogP contribution is -2.35. The van der Waals surface area contributed by atoms with E-state index >= 15 is 0 Å². The van der Waals surface area contributed by atoms with Crippen LogP contribution >= 0.6 is 0 Å². The number of hydrogen-bond donors (Lipinski definition) is 0. The van der Waals surface area contributed by atoms with Gasteiger partial charge in [-0.3, -0.25) is 9.59 Å². The van der Waals surface area contributed by atoms with E-state index in [0.717, 1.165) is 11.1 Å². The zero-order valence-corrected chi connectivity index (χ0v) is 16.6. The number of amides is 1. The van der Waals surface area contributed by atoms with Crippen molar-refractivity contribution in [1.82, 2.24) is 9.88 Å². The van der Waals surface area contributed by atoms with Crippen molar-refractivity contribution < 1.29 is 18.7 Å². The Kier molecular flexibility index (Phi) is 6.79.